The number of nitrogens with one attached hydrogen (secondary N) is 1. The fourth-order valence-corrected chi connectivity index (χ4v) is 9.61. The van der Waals surface area contributed by atoms with E-state index >= 15 is 0 Å². The van der Waals surface area contributed by atoms with Crippen LogP contribution in [0.25, 0.3) is 0 Å². The first-order valence-electron chi connectivity index (χ1n) is 14.4. The van der Waals surface area contributed by atoms with E-state index in [-0.39, 0.29) is 30.3 Å². The lowest BCUT2D eigenvalue weighted by atomic mass is 9.53. The Hall–Kier alpha value is -2.11. The van der Waals surface area contributed by atoms with Crippen molar-refractivity contribution in [3.8, 4) is 0 Å². The lowest BCUT2D eigenvalue weighted by Crippen LogP contribution is -2.64. The lowest BCUT2D eigenvalue weighted by molar-refractivity contribution is -0.106. The number of fused-ring (bicyclic) bond motifs is 2. The largest absolute Gasteiger partial charge is 0.393 e. The van der Waals surface area contributed by atoms with Crippen molar-refractivity contribution in [1.29, 1.82) is 0 Å². The van der Waals surface area contributed by atoms with E-state index in [1.807, 2.05) is 12.3 Å². The van der Waals surface area contributed by atoms with E-state index in [2.05, 4.69) is 31.1 Å². The van der Waals surface area contributed by atoms with Gasteiger partial charge in [-0.25, -0.2) is 18.2 Å². The summed E-state index contributed by atoms with van der Waals surface area (Å²) >= 11 is 0. The molecule has 0 aromatic carbocycles. The Morgan fingerprint density at radius 1 is 0.947 bits per heavy atom. The predicted molar refractivity (Wildman–Crippen MR) is 144 cm³/mol. The van der Waals surface area contributed by atoms with Gasteiger partial charge < -0.3 is 25.1 Å². The molecule has 1 aromatic heterocycles. The molecule has 3 aliphatic heterocycles. The van der Waals surface area contributed by atoms with Gasteiger partial charge in [0.25, 0.3) is 0 Å². The molecule has 2 N–H and O–H groups in total. The monoisotopic (exact) mass is 544 g/mol. The van der Waals surface area contributed by atoms with Crippen LogP contribution in [0.4, 0.5) is 16.3 Å². The molecule has 6 bridgehead atoms. The SMILES string of the molecule is CS(=O)(=O)N1CCN(c2ccnc(N3CC4CCC(C3)N4C(=O)NC3C4CC5CC3CC(C4)C5O)c2)CC1. The molecule has 7 aliphatic rings. The van der Waals surface area contributed by atoms with Gasteiger partial charge in [-0.2, -0.15) is 4.31 Å². The first kappa shape index (κ1) is 24.9. The van der Waals surface area contributed by atoms with Crippen LogP contribution in [0.3, 0.4) is 0 Å². The maximum absolute atomic E-state index is 13.6. The minimum absolute atomic E-state index is 0.112. The number of nitrogens with zero attached hydrogens (tertiary/aromatic N) is 5. The fraction of sp³-hybridized carbons (Fsp3) is 0.778. The Morgan fingerprint density at radius 2 is 1.55 bits per heavy atom. The number of pyridine rings is 1. The van der Waals surface area contributed by atoms with Crippen LogP contribution in [-0.4, -0.2) is 103 Å². The van der Waals surface area contributed by atoms with Gasteiger partial charge in [0.1, 0.15) is 5.82 Å². The topological polar surface area (TPSA) is 109 Å². The first-order chi connectivity index (χ1) is 18.2. The molecule has 2 unspecified atom stereocenters. The van der Waals surface area contributed by atoms with E-state index in [4.69, 9.17) is 0 Å². The molecule has 7 fully saturated rings. The van der Waals surface area contributed by atoms with Gasteiger partial charge in [0, 0.05) is 63.3 Å². The number of hydrogen-bond donors (Lipinski definition) is 2. The molecule has 11 heteroatoms. The summed E-state index contributed by atoms with van der Waals surface area (Å²) < 4.78 is 25.3. The molecular formula is C27H40N6O4S. The van der Waals surface area contributed by atoms with Crippen molar-refractivity contribution < 1.29 is 18.3 Å². The van der Waals surface area contributed by atoms with Gasteiger partial charge in [0.05, 0.1) is 24.4 Å². The van der Waals surface area contributed by atoms with Gasteiger partial charge in [-0.3, -0.25) is 0 Å². The van der Waals surface area contributed by atoms with E-state index in [1.54, 1.807) is 4.31 Å². The van der Waals surface area contributed by atoms with Crippen LogP contribution in [-0.2, 0) is 10.0 Å². The molecule has 4 heterocycles. The number of amides is 2. The molecule has 0 spiro atoms. The van der Waals surface area contributed by atoms with Gasteiger partial charge in [-0.1, -0.05) is 0 Å². The molecule has 8 rings (SSSR count). The highest BCUT2D eigenvalue weighted by molar-refractivity contribution is 7.88. The van der Waals surface area contributed by atoms with E-state index in [1.165, 1.54) is 6.26 Å². The number of aliphatic hydroxyl groups excluding tert-OH is 1. The molecule has 2 amide bonds. The van der Waals surface area contributed by atoms with Gasteiger partial charge in [0.2, 0.25) is 10.0 Å². The minimum atomic E-state index is -3.15. The van der Waals surface area contributed by atoms with Crippen LogP contribution < -0.4 is 15.1 Å². The summed E-state index contributed by atoms with van der Waals surface area (Å²) in [6.07, 6.45) is 9.29. The van der Waals surface area contributed by atoms with E-state index in [9.17, 15) is 18.3 Å². The summed E-state index contributed by atoms with van der Waals surface area (Å²) in [6, 6.07) is 4.88. The van der Waals surface area contributed by atoms with Crippen LogP contribution >= 0.6 is 0 Å². The molecule has 10 nitrogen and oxygen atoms in total. The van der Waals surface area contributed by atoms with E-state index in [0.29, 0.717) is 49.9 Å². The van der Waals surface area contributed by atoms with E-state index < -0.39 is 10.0 Å². The number of hydrogen-bond acceptors (Lipinski definition) is 7. The van der Waals surface area contributed by atoms with E-state index in [0.717, 1.165) is 63.1 Å². The van der Waals surface area contributed by atoms with Crippen molar-refractivity contribution in [3.63, 3.8) is 0 Å². The summed E-state index contributed by atoms with van der Waals surface area (Å²) in [7, 11) is -3.15. The van der Waals surface area contributed by atoms with Crippen molar-refractivity contribution in [2.45, 2.75) is 62.8 Å². The first-order valence-corrected chi connectivity index (χ1v) is 16.3. The molecule has 2 atom stereocenters. The third-order valence-corrected chi connectivity index (χ3v) is 11.8. The maximum Gasteiger partial charge on any atom is 0.318 e. The van der Waals surface area contributed by atoms with Crippen molar-refractivity contribution in [3.05, 3.63) is 18.3 Å². The molecule has 4 saturated carbocycles. The second-order valence-corrected chi connectivity index (χ2v) is 14.7. The fourth-order valence-electron chi connectivity index (χ4n) is 8.78. The molecule has 3 saturated heterocycles. The number of urea groups is 1. The number of aromatic nitrogens is 1. The second-order valence-electron chi connectivity index (χ2n) is 12.7. The Bertz CT molecular complexity index is 1140. The lowest BCUT2D eigenvalue weighted by Gasteiger charge is -2.56. The van der Waals surface area contributed by atoms with Gasteiger partial charge in [0.15, 0.2) is 0 Å². The number of carbonyl (C=O) groups is 1. The van der Waals surface area contributed by atoms with Crippen LogP contribution in [0.2, 0.25) is 0 Å². The van der Waals surface area contributed by atoms with Crippen LogP contribution in [0.15, 0.2) is 18.3 Å². The summed E-state index contributed by atoms with van der Waals surface area (Å²) in [5.74, 6) is 2.86. The average Bonchev–Trinajstić information content (AvgIpc) is 3.16. The third-order valence-electron chi connectivity index (χ3n) is 10.5. The molecule has 4 aliphatic carbocycles. The molecular weight excluding hydrogens is 504 g/mol. The number of sulfonamides is 1. The average molecular weight is 545 g/mol. The molecule has 1 aromatic rings. The summed E-state index contributed by atoms with van der Waals surface area (Å²) in [5.41, 5.74) is 1.07. The summed E-state index contributed by atoms with van der Waals surface area (Å²) in [4.78, 5) is 25.0. The van der Waals surface area contributed by atoms with Crippen molar-refractivity contribution in [1.82, 2.24) is 19.5 Å². The summed E-state index contributed by atoms with van der Waals surface area (Å²) in [6.45, 7) is 3.91. The number of piperazine rings is 2. The normalized spacial score (nSPS) is 38.6. The summed E-state index contributed by atoms with van der Waals surface area (Å²) in [5, 5.41) is 14.0. The Labute approximate surface area is 225 Å². The zero-order valence-electron chi connectivity index (χ0n) is 22.2. The number of carbonyl (C=O) groups excluding carboxylic acids is 1. The highest BCUT2D eigenvalue weighted by Gasteiger charge is 2.54. The number of anilines is 2. The minimum Gasteiger partial charge on any atom is -0.393 e. The van der Waals surface area contributed by atoms with Gasteiger partial charge >= 0.3 is 6.03 Å². The maximum atomic E-state index is 13.6. The van der Waals surface area contributed by atoms with Gasteiger partial charge in [-0.05, 0) is 68.3 Å². The molecule has 38 heavy (non-hydrogen) atoms. The smallest absolute Gasteiger partial charge is 0.318 e. The Balaban J connectivity index is 0.993. The van der Waals surface area contributed by atoms with Gasteiger partial charge in [-0.15, -0.1) is 0 Å². The predicted octanol–water partition coefficient (Wildman–Crippen LogP) is 1.32. The van der Waals surface area contributed by atoms with Crippen LogP contribution in [0.5, 0.6) is 0 Å². The highest BCUT2D eigenvalue weighted by atomic mass is 32.2. The van der Waals surface area contributed by atoms with Crippen LogP contribution in [0, 0.1) is 23.7 Å². The molecule has 208 valence electrons. The number of rotatable bonds is 4. The van der Waals surface area contributed by atoms with Crippen molar-refractivity contribution in [2.75, 3.05) is 55.3 Å². The third kappa shape index (κ3) is 4.25. The van der Waals surface area contributed by atoms with Crippen LogP contribution in [0.1, 0.15) is 38.5 Å². The highest BCUT2D eigenvalue weighted by Crippen LogP contribution is 2.54. The second kappa shape index (κ2) is 9.23. The standard InChI is InChI=1S/C27H40N6O4S/c1-38(36,37)32-8-6-30(7-9-32)21-4-5-28-24(14-21)31-15-22-2-3-23(16-31)33(22)27(35)29-25-17-10-19-12-18(25)13-20(11-17)26(19)34/h4-5,14,17-20,22-23,25-26,34H,2-3,6-13,15-16H2,1H3,(H,29,35). The zero-order chi connectivity index (χ0) is 26.2. The van der Waals surface area contributed by atoms with Crippen molar-refractivity contribution in [2.24, 2.45) is 23.7 Å². The Kier molecular flexibility index (Phi) is 6.05. The Morgan fingerprint density at radius 3 is 2.13 bits per heavy atom. The molecule has 0 radical (unpaired) electrons. The van der Waals surface area contributed by atoms with Crippen molar-refractivity contribution >= 4 is 27.6 Å². The zero-order valence-corrected chi connectivity index (χ0v) is 23.0. The number of aliphatic hydroxyl groups is 1. The quantitative estimate of drug-likeness (QED) is 0.589.